The molecule has 0 fully saturated rings. The third kappa shape index (κ3) is 3.87. The zero-order valence-corrected chi connectivity index (χ0v) is 8.67. The minimum atomic E-state index is -0.103. The summed E-state index contributed by atoms with van der Waals surface area (Å²) >= 11 is 8.87. The lowest BCUT2D eigenvalue weighted by Crippen LogP contribution is -2.18. The largest absolute Gasteiger partial charge is 0.299 e. The summed E-state index contributed by atoms with van der Waals surface area (Å²) in [5.41, 5.74) is 0. The van der Waals surface area contributed by atoms with Crippen LogP contribution < -0.4 is 0 Å². The van der Waals surface area contributed by atoms with E-state index in [-0.39, 0.29) is 11.7 Å². The van der Waals surface area contributed by atoms with Crippen LogP contribution in [0.5, 0.6) is 0 Å². The molecule has 0 radical (unpaired) electrons. The molecule has 0 saturated carbocycles. The number of thiol groups is 1. The molecule has 11 heavy (non-hydrogen) atoms. The molecule has 0 aliphatic rings. The van der Waals surface area contributed by atoms with E-state index in [1.54, 1.807) is 0 Å². The minimum absolute atomic E-state index is 0.103. The van der Waals surface area contributed by atoms with Gasteiger partial charge in [-0.25, -0.2) is 0 Å². The molecule has 0 bridgehead atoms. The standard InChI is InChI=1S/C8H14OS2/c1-3-5-7(9)6(4-2)8(10)11/h6H,3-5H2,1-2H3,(H,10,11). The molecule has 0 aromatic carbocycles. The molecular weight excluding hydrogens is 176 g/mol. The van der Waals surface area contributed by atoms with E-state index >= 15 is 0 Å². The zero-order valence-electron chi connectivity index (χ0n) is 6.96. The average Bonchev–Trinajstić information content (AvgIpc) is 1.88. The summed E-state index contributed by atoms with van der Waals surface area (Å²) in [6, 6.07) is 0. The number of carbonyl (C=O) groups is 1. The predicted octanol–water partition coefficient (Wildman–Crippen LogP) is 2.64. The molecule has 0 aliphatic carbocycles. The second-order valence-electron chi connectivity index (χ2n) is 2.52. The van der Waals surface area contributed by atoms with Gasteiger partial charge >= 0.3 is 0 Å². The van der Waals surface area contributed by atoms with E-state index in [0.29, 0.717) is 10.6 Å². The Bertz CT molecular complexity index is 154. The topological polar surface area (TPSA) is 17.1 Å². The smallest absolute Gasteiger partial charge is 0.141 e. The number of rotatable bonds is 5. The SMILES string of the molecule is CCCC(=O)C(CC)C(=S)S. The second-order valence-corrected chi connectivity index (χ2v) is 3.74. The summed E-state index contributed by atoms with van der Waals surface area (Å²) in [4.78, 5) is 11.3. The van der Waals surface area contributed by atoms with Crippen molar-refractivity contribution < 1.29 is 4.79 Å². The second kappa shape index (κ2) is 5.72. The number of Topliss-reactive ketones (excluding diaryl/α,β-unsaturated/α-hetero) is 1. The van der Waals surface area contributed by atoms with Gasteiger partial charge in [0.1, 0.15) is 5.78 Å². The fourth-order valence-electron chi connectivity index (χ4n) is 0.961. The highest BCUT2D eigenvalue weighted by atomic mass is 32.1. The molecule has 0 rings (SSSR count). The molecule has 64 valence electrons. The number of hydrogen-bond acceptors (Lipinski definition) is 2. The van der Waals surface area contributed by atoms with Gasteiger partial charge in [0.15, 0.2) is 0 Å². The summed E-state index contributed by atoms with van der Waals surface area (Å²) in [6.45, 7) is 3.95. The Hall–Kier alpha value is 0.110. The quantitative estimate of drug-likeness (QED) is 0.530. The fourth-order valence-corrected chi connectivity index (χ4v) is 1.59. The van der Waals surface area contributed by atoms with E-state index in [4.69, 9.17) is 12.2 Å². The Labute approximate surface area is 79.0 Å². The lowest BCUT2D eigenvalue weighted by Gasteiger charge is -2.09. The van der Waals surface area contributed by atoms with Gasteiger partial charge < -0.3 is 0 Å². The van der Waals surface area contributed by atoms with Gasteiger partial charge in [0.05, 0.1) is 10.1 Å². The summed E-state index contributed by atoms with van der Waals surface area (Å²) in [5, 5.41) is 0. The van der Waals surface area contributed by atoms with E-state index < -0.39 is 0 Å². The molecule has 0 saturated heterocycles. The van der Waals surface area contributed by atoms with E-state index in [9.17, 15) is 4.79 Å². The molecule has 0 spiro atoms. The van der Waals surface area contributed by atoms with Crippen LogP contribution in [0.1, 0.15) is 33.1 Å². The maximum atomic E-state index is 11.3. The first-order valence-corrected chi connectivity index (χ1v) is 4.74. The number of ketones is 1. The van der Waals surface area contributed by atoms with Crippen molar-refractivity contribution >= 4 is 34.8 Å². The lowest BCUT2D eigenvalue weighted by molar-refractivity contribution is -0.120. The molecule has 0 aromatic rings. The van der Waals surface area contributed by atoms with Crippen molar-refractivity contribution in [2.24, 2.45) is 5.92 Å². The number of carbonyl (C=O) groups excluding carboxylic acids is 1. The molecule has 3 heteroatoms. The van der Waals surface area contributed by atoms with Gasteiger partial charge in [-0.3, -0.25) is 4.79 Å². The minimum Gasteiger partial charge on any atom is -0.299 e. The first kappa shape index (κ1) is 11.1. The predicted molar refractivity (Wildman–Crippen MR) is 55.3 cm³/mol. The Kier molecular flexibility index (Phi) is 5.78. The molecule has 0 amide bonds. The van der Waals surface area contributed by atoms with Crippen LogP contribution in [0.2, 0.25) is 0 Å². The molecule has 1 unspecified atom stereocenters. The third-order valence-corrected chi connectivity index (χ3v) is 2.19. The Morgan fingerprint density at radius 3 is 2.36 bits per heavy atom. The Morgan fingerprint density at radius 2 is 2.09 bits per heavy atom. The molecule has 1 atom stereocenters. The van der Waals surface area contributed by atoms with Crippen LogP contribution in [0, 0.1) is 5.92 Å². The summed E-state index contributed by atoms with van der Waals surface area (Å²) in [6.07, 6.45) is 2.30. The van der Waals surface area contributed by atoms with E-state index in [1.165, 1.54) is 0 Å². The number of hydrogen-bond donors (Lipinski definition) is 1. The molecule has 0 aromatic heterocycles. The van der Waals surface area contributed by atoms with Crippen LogP contribution in [0.25, 0.3) is 0 Å². The maximum absolute atomic E-state index is 11.3. The molecule has 1 nitrogen and oxygen atoms in total. The van der Waals surface area contributed by atoms with Crippen LogP contribution in [0.15, 0.2) is 0 Å². The average molecular weight is 190 g/mol. The number of thiocarbonyl (C=S) groups is 1. The fraction of sp³-hybridized carbons (Fsp3) is 0.750. The van der Waals surface area contributed by atoms with Crippen molar-refractivity contribution in [1.29, 1.82) is 0 Å². The van der Waals surface area contributed by atoms with Crippen molar-refractivity contribution in [3.05, 3.63) is 0 Å². The highest BCUT2D eigenvalue weighted by Crippen LogP contribution is 2.12. The van der Waals surface area contributed by atoms with Crippen LogP contribution in [-0.2, 0) is 4.79 Å². The molecular formula is C8H14OS2. The monoisotopic (exact) mass is 190 g/mol. The summed E-state index contributed by atoms with van der Waals surface area (Å²) < 4.78 is 0.533. The van der Waals surface area contributed by atoms with Gasteiger partial charge in [-0.15, -0.1) is 12.6 Å². The Balaban J connectivity index is 4.03. The summed E-state index contributed by atoms with van der Waals surface area (Å²) in [7, 11) is 0. The normalized spacial score (nSPS) is 12.6. The van der Waals surface area contributed by atoms with Gasteiger partial charge in [0, 0.05) is 6.42 Å². The Morgan fingerprint density at radius 1 is 1.55 bits per heavy atom. The van der Waals surface area contributed by atoms with E-state index in [1.807, 2.05) is 13.8 Å². The third-order valence-electron chi connectivity index (χ3n) is 1.59. The van der Waals surface area contributed by atoms with E-state index in [2.05, 4.69) is 12.6 Å². The van der Waals surface area contributed by atoms with Gasteiger partial charge in [-0.1, -0.05) is 26.1 Å². The summed E-state index contributed by atoms with van der Waals surface area (Å²) in [5.74, 6) is 0.128. The van der Waals surface area contributed by atoms with Crippen molar-refractivity contribution in [3.63, 3.8) is 0 Å². The van der Waals surface area contributed by atoms with Crippen LogP contribution >= 0.6 is 24.8 Å². The van der Waals surface area contributed by atoms with Gasteiger partial charge in [0.25, 0.3) is 0 Å². The van der Waals surface area contributed by atoms with Crippen molar-refractivity contribution in [3.8, 4) is 0 Å². The molecule has 0 N–H and O–H groups in total. The zero-order chi connectivity index (χ0) is 8.85. The first-order valence-electron chi connectivity index (χ1n) is 3.89. The van der Waals surface area contributed by atoms with Gasteiger partial charge in [-0.2, -0.15) is 0 Å². The highest BCUT2D eigenvalue weighted by Gasteiger charge is 2.17. The van der Waals surface area contributed by atoms with Crippen molar-refractivity contribution in [2.75, 3.05) is 0 Å². The van der Waals surface area contributed by atoms with Crippen LogP contribution in [0.3, 0.4) is 0 Å². The maximum Gasteiger partial charge on any atom is 0.141 e. The van der Waals surface area contributed by atoms with Gasteiger partial charge in [-0.05, 0) is 12.8 Å². The molecule has 0 aliphatic heterocycles. The van der Waals surface area contributed by atoms with Crippen molar-refractivity contribution in [1.82, 2.24) is 0 Å². The van der Waals surface area contributed by atoms with Gasteiger partial charge in [0.2, 0.25) is 0 Å². The highest BCUT2D eigenvalue weighted by molar-refractivity contribution is 8.11. The lowest BCUT2D eigenvalue weighted by atomic mass is 10.00. The van der Waals surface area contributed by atoms with Crippen LogP contribution in [-0.4, -0.2) is 9.98 Å². The van der Waals surface area contributed by atoms with E-state index in [0.717, 1.165) is 12.8 Å². The first-order chi connectivity index (χ1) is 5.13. The van der Waals surface area contributed by atoms with Crippen LogP contribution in [0.4, 0.5) is 0 Å². The van der Waals surface area contributed by atoms with Crippen molar-refractivity contribution in [2.45, 2.75) is 33.1 Å². The molecule has 0 heterocycles.